The number of methoxy groups -OCH3 is 1. The van der Waals surface area contributed by atoms with Crippen LogP contribution in [0.5, 0.6) is 5.75 Å². The van der Waals surface area contributed by atoms with Crippen molar-refractivity contribution in [2.75, 3.05) is 45.3 Å². The molecule has 1 aromatic carbocycles. The smallest absolute Gasteiger partial charge is 0.319 e. The van der Waals surface area contributed by atoms with Gasteiger partial charge < -0.3 is 20.1 Å². The van der Waals surface area contributed by atoms with E-state index in [1.807, 2.05) is 0 Å². The summed E-state index contributed by atoms with van der Waals surface area (Å²) >= 11 is 0. The zero-order valence-electron chi connectivity index (χ0n) is 16.6. The Morgan fingerprint density at radius 2 is 1.96 bits per heavy atom. The van der Waals surface area contributed by atoms with Crippen LogP contribution in [0.25, 0.3) is 0 Å². The fourth-order valence-electron chi connectivity index (χ4n) is 4.32. The topological polar surface area (TPSA) is 86.6 Å². The summed E-state index contributed by atoms with van der Waals surface area (Å²) < 4.78 is 10.7. The largest absolute Gasteiger partial charge is 0.495 e. The summed E-state index contributed by atoms with van der Waals surface area (Å²) in [6.45, 7) is 3.99. The summed E-state index contributed by atoms with van der Waals surface area (Å²) in [5, 5.41) is 15.1. The number of hydrogen-bond donors (Lipinski definition) is 2. The monoisotopic (exact) mass is 386 g/mol. The van der Waals surface area contributed by atoms with Crippen molar-refractivity contribution < 1.29 is 14.3 Å². The predicted octanol–water partition coefficient (Wildman–Crippen LogP) is 3.11. The van der Waals surface area contributed by atoms with E-state index in [0.717, 1.165) is 39.1 Å². The molecule has 1 saturated heterocycles. The van der Waals surface area contributed by atoms with Gasteiger partial charge in [0.1, 0.15) is 11.8 Å². The second-order valence-corrected chi connectivity index (χ2v) is 7.57. The van der Waals surface area contributed by atoms with E-state index in [2.05, 4.69) is 21.6 Å². The van der Waals surface area contributed by atoms with Gasteiger partial charge in [0, 0.05) is 30.9 Å². The predicted molar refractivity (Wildman–Crippen MR) is 108 cm³/mol. The van der Waals surface area contributed by atoms with Crippen molar-refractivity contribution in [3.05, 3.63) is 23.8 Å². The number of urea groups is 1. The number of carbonyl (C=O) groups is 1. The van der Waals surface area contributed by atoms with Crippen molar-refractivity contribution in [2.45, 2.75) is 44.1 Å². The van der Waals surface area contributed by atoms with Gasteiger partial charge in [-0.3, -0.25) is 4.90 Å². The lowest BCUT2D eigenvalue weighted by Gasteiger charge is -2.45. The van der Waals surface area contributed by atoms with Crippen molar-refractivity contribution in [3.63, 3.8) is 0 Å². The molecule has 1 saturated carbocycles. The van der Waals surface area contributed by atoms with Crippen LogP contribution in [0.3, 0.4) is 0 Å². The molecule has 1 aliphatic carbocycles. The minimum atomic E-state index is -0.245. The first kappa shape index (κ1) is 20.4. The molecule has 7 nitrogen and oxygen atoms in total. The molecule has 152 valence electrons. The lowest BCUT2D eigenvalue weighted by molar-refractivity contribution is -0.0275. The lowest BCUT2D eigenvalue weighted by Crippen LogP contribution is -2.59. The van der Waals surface area contributed by atoms with Gasteiger partial charge in [-0.1, -0.05) is 25.7 Å². The Balaban J connectivity index is 1.64. The number of nitriles is 1. The molecule has 28 heavy (non-hydrogen) atoms. The normalized spacial score (nSPS) is 19.9. The van der Waals surface area contributed by atoms with E-state index in [1.165, 1.54) is 32.8 Å². The van der Waals surface area contributed by atoms with Crippen LogP contribution in [0.2, 0.25) is 0 Å². The standard InChI is InChI=1S/C21H30N4O3/c1-27-19-7-6-18(14-17(19)15-22)24-20(26)23-16-21(8-4-2-3-5-9-21)25-10-12-28-13-11-25/h6-7,14H,2-5,8-13,16H2,1H3,(H2,23,24,26). The molecule has 2 fully saturated rings. The Labute approximate surface area is 167 Å². The Morgan fingerprint density at radius 3 is 2.61 bits per heavy atom. The molecule has 2 aliphatic rings. The van der Waals surface area contributed by atoms with E-state index in [-0.39, 0.29) is 11.6 Å². The van der Waals surface area contributed by atoms with Gasteiger partial charge in [-0.2, -0.15) is 5.26 Å². The van der Waals surface area contributed by atoms with Gasteiger partial charge in [0.15, 0.2) is 0 Å². The van der Waals surface area contributed by atoms with Crippen molar-refractivity contribution in [1.29, 1.82) is 5.26 Å². The Kier molecular flexibility index (Phi) is 7.12. The number of hydrogen-bond acceptors (Lipinski definition) is 5. The van der Waals surface area contributed by atoms with Crippen LogP contribution in [0, 0.1) is 11.3 Å². The van der Waals surface area contributed by atoms with E-state index in [0.29, 0.717) is 23.5 Å². The summed E-state index contributed by atoms with van der Waals surface area (Å²) in [5.41, 5.74) is 0.986. The molecule has 0 unspecified atom stereocenters. The number of anilines is 1. The molecule has 1 aliphatic heterocycles. The first-order chi connectivity index (χ1) is 13.7. The van der Waals surface area contributed by atoms with Crippen molar-refractivity contribution in [1.82, 2.24) is 10.2 Å². The molecule has 0 bridgehead atoms. The number of amides is 2. The number of nitrogens with one attached hydrogen (secondary N) is 2. The van der Waals surface area contributed by atoms with Crippen molar-refractivity contribution >= 4 is 11.7 Å². The summed E-state index contributed by atoms with van der Waals surface area (Å²) in [7, 11) is 1.52. The minimum Gasteiger partial charge on any atom is -0.495 e. The highest BCUT2D eigenvalue weighted by Crippen LogP contribution is 2.33. The van der Waals surface area contributed by atoms with Gasteiger partial charge in [0.25, 0.3) is 0 Å². The third kappa shape index (κ3) is 4.94. The molecule has 0 spiro atoms. The van der Waals surface area contributed by atoms with Gasteiger partial charge in [-0.05, 0) is 31.0 Å². The fourth-order valence-corrected chi connectivity index (χ4v) is 4.32. The maximum atomic E-state index is 12.5. The quantitative estimate of drug-likeness (QED) is 0.760. The molecular weight excluding hydrogens is 356 g/mol. The molecule has 1 heterocycles. The number of carbonyl (C=O) groups excluding carboxylic acids is 1. The highest BCUT2D eigenvalue weighted by atomic mass is 16.5. The van der Waals surface area contributed by atoms with Crippen LogP contribution in [0.15, 0.2) is 18.2 Å². The summed E-state index contributed by atoms with van der Waals surface area (Å²) in [5.74, 6) is 0.498. The second kappa shape index (κ2) is 9.76. The first-order valence-corrected chi connectivity index (χ1v) is 10.1. The van der Waals surface area contributed by atoms with Gasteiger partial charge >= 0.3 is 6.03 Å². The van der Waals surface area contributed by atoms with E-state index < -0.39 is 0 Å². The van der Waals surface area contributed by atoms with E-state index >= 15 is 0 Å². The molecule has 7 heteroatoms. The lowest BCUT2D eigenvalue weighted by atomic mass is 9.87. The SMILES string of the molecule is COc1ccc(NC(=O)NCC2(N3CCOCC3)CCCCCC2)cc1C#N. The summed E-state index contributed by atoms with van der Waals surface area (Å²) in [4.78, 5) is 15.1. The van der Waals surface area contributed by atoms with Gasteiger partial charge in [-0.15, -0.1) is 0 Å². The Hall–Kier alpha value is -2.30. The molecule has 3 rings (SSSR count). The van der Waals surface area contributed by atoms with E-state index in [4.69, 9.17) is 9.47 Å². The summed E-state index contributed by atoms with van der Waals surface area (Å²) in [6.07, 6.45) is 7.14. The third-order valence-electron chi connectivity index (χ3n) is 5.87. The zero-order chi connectivity index (χ0) is 19.8. The number of benzene rings is 1. The second-order valence-electron chi connectivity index (χ2n) is 7.57. The molecule has 0 atom stereocenters. The first-order valence-electron chi connectivity index (χ1n) is 10.1. The summed E-state index contributed by atoms with van der Waals surface area (Å²) in [6, 6.07) is 6.89. The average molecular weight is 386 g/mol. The van der Waals surface area contributed by atoms with Crippen LogP contribution in [-0.4, -0.2) is 56.4 Å². The molecule has 0 radical (unpaired) electrons. The minimum absolute atomic E-state index is 0.00927. The number of nitrogens with zero attached hydrogens (tertiary/aromatic N) is 2. The molecule has 2 N–H and O–H groups in total. The average Bonchev–Trinajstić information content (AvgIpc) is 2.99. The van der Waals surface area contributed by atoms with Crippen LogP contribution < -0.4 is 15.4 Å². The molecule has 2 amide bonds. The van der Waals surface area contributed by atoms with Crippen LogP contribution in [0.4, 0.5) is 10.5 Å². The highest BCUT2D eigenvalue weighted by molar-refractivity contribution is 5.89. The maximum Gasteiger partial charge on any atom is 0.319 e. The van der Waals surface area contributed by atoms with Gasteiger partial charge in [0.2, 0.25) is 0 Å². The Morgan fingerprint density at radius 1 is 1.25 bits per heavy atom. The number of rotatable bonds is 5. The molecular formula is C21H30N4O3. The zero-order valence-corrected chi connectivity index (χ0v) is 16.6. The van der Waals surface area contributed by atoms with Crippen molar-refractivity contribution in [3.8, 4) is 11.8 Å². The maximum absolute atomic E-state index is 12.5. The van der Waals surface area contributed by atoms with Crippen LogP contribution in [0.1, 0.15) is 44.1 Å². The highest BCUT2D eigenvalue weighted by Gasteiger charge is 2.38. The van der Waals surface area contributed by atoms with E-state index in [9.17, 15) is 10.1 Å². The Bertz CT molecular complexity index is 702. The number of ether oxygens (including phenoxy) is 2. The van der Waals surface area contributed by atoms with Crippen LogP contribution >= 0.6 is 0 Å². The van der Waals surface area contributed by atoms with Gasteiger partial charge in [0.05, 0.1) is 25.9 Å². The molecule has 0 aromatic heterocycles. The number of morpholine rings is 1. The molecule has 1 aromatic rings. The van der Waals surface area contributed by atoms with E-state index in [1.54, 1.807) is 18.2 Å². The van der Waals surface area contributed by atoms with Crippen molar-refractivity contribution in [2.24, 2.45) is 0 Å². The van der Waals surface area contributed by atoms with Crippen LogP contribution in [-0.2, 0) is 4.74 Å². The third-order valence-corrected chi connectivity index (χ3v) is 5.87. The van der Waals surface area contributed by atoms with Gasteiger partial charge in [-0.25, -0.2) is 4.79 Å². The fraction of sp³-hybridized carbons (Fsp3) is 0.619.